The number of nitrogens with one attached hydrogen (secondary N) is 1. The van der Waals surface area contributed by atoms with Gasteiger partial charge in [-0.15, -0.1) is 0 Å². The number of hydrogen-bond acceptors (Lipinski definition) is 4. The highest BCUT2D eigenvalue weighted by Crippen LogP contribution is 2.20. The van der Waals surface area contributed by atoms with Gasteiger partial charge in [-0.1, -0.05) is 18.2 Å². The topological polar surface area (TPSA) is 54.5 Å². The molecule has 1 aliphatic rings. The van der Waals surface area contributed by atoms with Crippen LogP contribution in [0, 0.1) is 0 Å². The maximum atomic E-state index is 12.6. The molecule has 3 rings (SSSR count). The molecule has 0 atom stereocenters. The quantitative estimate of drug-likeness (QED) is 0.939. The summed E-state index contributed by atoms with van der Waals surface area (Å²) in [5.41, 5.74) is 1.50. The number of hydrogen-bond donors (Lipinski definition) is 1. The van der Waals surface area contributed by atoms with E-state index in [9.17, 15) is 4.79 Å². The van der Waals surface area contributed by atoms with E-state index in [0.717, 1.165) is 5.69 Å². The predicted octanol–water partition coefficient (Wildman–Crippen LogP) is 2.30. The lowest BCUT2D eigenvalue weighted by molar-refractivity contribution is 0.0303. The van der Waals surface area contributed by atoms with Crippen molar-refractivity contribution in [2.45, 2.75) is 0 Å². The lowest BCUT2D eigenvalue weighted by atomic mass is 10.2. The van der Waals surface area contributed by atoms with Gasteiger partial charge < -0.3 is 15.0 Å². The molecule has 0 bridgehead atoms. The van der Waals surface area contributed by atoms with E-state index in [1.165, 1.54) is 0 Å². The number of carbonyl (C=O) groups excluding carboxylic acids is 1. The second-order valence-electron chi connectivity index (χ2n) is 4.80. The third-order valence-electron chi connectivity index (χ3n) is 3.37. The van der Waals surface area contributed by atoms with E-state index in [1.807, 2.05) is 30.3 Å². The third-order valence-corrected chi connectivity index (χ3v) is 3.37. The summed E-state index contributed by atoms with van der Waals surface area (Å²) >= 11 is 0. The number of carbonyl (C=O) groups is 1. The molecular formula is C16H17N3O2. The van der Waals surface area contributed by atoms with E-state index in [-0.39, 0.29) is 5.91 Å². The average Bonchev–Trinajstić information content (AvgIpc) is 2.56. The third kappa shape index (κ3) is 3.20. The Kier molecular flexibility index (Phi) is 4.12. The van der Waals surface area contributed by atoms with Gasteiger partial charge in [0, 0.05) is 25.0 Å². The normalized spacial score (nSPS) is 14.8. The first-order valence-corrected chi connectivity index (χ1v) is 6.99. The van der Waals surface area contributed by atoms with Crippen molar-refractivity contribution >= 4 is 17.4 Å². The first kappa shape index (κ1) is 13.6. The van der Waals surface area contributed by atoms with Crippen LogP contribution in [0.1, 0.15) is 10.4 Å². The number of benzene rings is 1. The lowest BCUT2D eigenvalue weighted by Crippen LogP contribution is -2.40. The summed E-state index contributed by atoms with van der Waals surface area (Å²) in [7, 11) is 0. The first-order chi connectivity index (χ1) is 10.3. The molecule has 5 heteroatoms. The highest BCUT2D eigenvalue weighted by Gasteiger charge is 2.21. The monoisotopic (exact) mass is 283 g/mol. The number of aromatic nitrogens is 1. The number of anilines is 2. The molecule has 108 valence electrons. The molecule has 5 nitrogen and oxygen atoms in total. The number of rotatable bonds is 3. The number of pyridine rings is 1. The van der Waals surface area contributed by atoms with Crippen LogP contribution in [0.4, 0.5) is 11.5 Å². The van der Waals surface area contributed by atoms with E-state index in [0.29, 0.717) is 37.7 Å². The second kappa shape index (κ2) is 6.37. The molecule has 1 aliphatic heterocycles. The van der Waals surface area contributed by atoms with Crippen LogP contribution in [0.25, 0.3) is 0 Å². The molecule has 1 aromatic carbocycles. The summed E-state index contributed by atoms with van der Waals surface area (Å²) in [5, 5.41) is 3.20. The van der Waals surface area contributed by atoms with Crippen molar-refractivity contribution < 1.29 is 9.53 Å². The Hall–Kier alpha value is -2.40. The highest BCUT2D eigenvalue weighted by atomic mass is 16.5. The van der Waals surface area contributed by atoms with E-state index in [1.54, 1.807) is 23.2 Å². The van der Waals surface area contributed by atoms with Crippen molar-refractivity contribution in [3.05, 3.63) is 54.2 Å². The van der Waals surface area contributed by atoms with Gasteiger partial charge in [0.15, 0.2) is 0 Å². The average molecular weight is 283 g/mol. The van der Waals surface area contributed by atoms with Crippen molar-refractivity contribution in [1.82, 2.24) is 9.88 Å². The molecule has 0 unspecified atom stereocenters. The van der Waals surface area contributed by atoms with Gasteiger partial charge in [0.2, 0.25) is 0 Å². The Morgan fingerprint density at radius 2 is 1.86 bits per heavy atom. The largest absolute Gasteiger partial charge is 0.378 e. The van der Waals surface area contributed by atoms with Crippen molar-refractivity contribution in [3.8, 4) is 0 Å². The zero-order chi connectivity index (χ0) is 14.5. The summed E-state index contributed by atoms with van der Waals surface area (Å²) in [6.45, 7) is 2.43. The fraction of sp³-hybridized carbons (Fsp3) is 0.250. The summed E-state index contributed by atoms with van der Waals surface area (Å²) < 4.78 is 5.29. The zero-order valence-electron chi connectivity index (χ0n) is 11.7. The van der Waals surface area contributed by atoms with Crippen LogP contribution in [-0.2, 0) is 4.74 Å². The molecule has 0 saturated carbocycles. The molecule has 0 aliphatic carbocycles. The Morgan fingerprint density at radius 1 is 1.10 bits per heavy atom. The van der Waals surface area contributed by atoms with Gasteiger partial charge in [-0.2, -0.15) is 0 Å². The van der Waals surface area contributed by atoms with Gasteiger partial charge in [0.05, 0.1) is 18.8 Å². The minimum Gasteiger partial charge on any atom is -0.378 e. The molecule has 0 radical (unpaired) electrons. The van der Waals surface area contributed by atoms with Crippen LogP contribution < -0.4 is 5.32 Å². The maximum absolute atomic E-state index is 12.6. The minimum atomic E-state index is -0.00942. The van der Waals surface area contributed by atoms with Crippen molar-refractivity contribution in [1.29, 1.82) is 0 Å². The SMILES string of the molecule is O=C(c1cccnc1Nc1ccccc1)N1CCOCC1. The van der Waals surface area contributed by atoms with E-state index in [2.05, 4.69) is 10.3 Å². The van der Waals surface area contributed by atoms with Gasteiger partial charge in [0.1, 0.15) is 5.82 Å². The van der Waals surface area contributed by atoms with E-state index in [4.69, 9.17) is 4.74 Å². The molecule has 1 fully saturated rings. The summed E-state index contributed by atoms with van der Waals surface area (Å²) in [4.78, 5) is 18.7. The standard InChI is InChI=1S/C16H17N3O2/c20-16(19-9-11-21-12-10-19)14-7-4-8-17-15(14)18-13-5-2-1-3-6-13/h1-8H,9-12H2,(H,17,18). The maximum Gasteiger partial charge on any atom is 0.257 e. The van der Waals surface area contributed by atoms with Crippen LogP contribution in [0.3, 0.4) is 0 Å². The van der Waals surface area contributed by atoms with Crippen LogP contribution in [0.2, 0.25) is 0 Å². The van der Waals surface area contributed by atoms with Crippen molar-refractivity contribution in [2.24, 2.45) is 0 Å². The Labute approximate surface area is 123 Å². The number of morpholine rings is 1. The molecule has 21 heavy (non-hydrogen) atoms. The van der Waals surface area contributed by atoms with E-state index < -0.39 is 0 Å². The molecule has 2 heterocycles. The second-order valence-corrected chi connectivity index (χ2v) is 4.80. The minimum absolute atomic E-state index is 0.00942. The van der Waals surface area contributed by atoms with Crippen molar-refractivity contribution in [3.63, 3.8) is 0 Å². The number of amides is 1. The fourth-order valence-electron chi connectivity index (χ4n) is 2.27. The Balaban J connectivity index is 1.83. The molecule has 1 amide bonds. The van der Waals surface area contributed by atoms with Gasteiger partial charge >= 0.3 is 0 Å². The van der Waals surface area contributed by atoms with E-state index >= 15 is 0 Å². The van der Waals surface area contributed by atoms with Gasteiger partial charge in [-0.3, -0.25) is 4.79 Å². The van der Waals surface area contributed by atoms with Crippen LogP contribution in [-0.4, -0.2) is 42.1 Å². The van der Waals surface area contributed by atoms with Crippen LogP contribution in [0.5, 0.6) is 0 Å². The fourth-order valence-corrected chi connectivity index (χ4v) is 2.27. The lowest BCUT2D eigenvalue weighted by Gasteiger charge is -2.27. The van der Waals surface area contributed by atoms with Gasteiger partial charge in [0.25, 0.3) is 5.91 Å². The van der Waals surface area contributed by atoms with Gasteiger partial charge in [-0.05, 0) is 24.3 Å². The molecule has 1 N–H and O–H groups in total. The first-order valence-electron chi connectivity index (χ1n) is 6.99. The van der Waals surface area contributed by atoms with Gasteiger partial charge in [-0.25, -0.2) is 4.98 Å². The van der Waals surface area contributed by atoms with Crippen molar-refractivity contribution in [2.75, 3.05) is 31.6 Å². The Morgan fingerprint density at radius 3 is 2.62 bits per heavy atom. The van der Waals surface area contributed by atoms with Crippen LogP contribution in [0.15, 0.2) is 48.7 Å². The molecule has 1 saturated heterocycles. The molecule has 2 aromatic rings. The molecule has 0 spiro atoms. The number of nitrogens with zero attached hydrogens (tertiary/aromatic N) is 2. The molecule has 1 aromatic heterocycles. The highest BCUT2D eigenvalue weighted by molar-refractivity contribution is 5.99. The summed E-state index contributed by atoms with van der Waals surface area (Å²) in [6, 6.07) is 13.3. The summed E-state index contributed by atoms with van der Waals surface area (Å²) in [6.07, 6.45) is 1.68. The predicted molar refractivity (Wildman–Crippen MR) is 80.7 cm³/mol. The smallest absolute Gasteiger partial charge is 0.257 e. The summed E-state index contributed by atoms with van der Waals surface area (Å²) in [5.74, 6) is 0.574. The van der Waals surface area contributed by atoms with Crippen LogP contribution >= 0.6 is 0 Å². The number of para-hydroxylation sites is 1. The zero-order valence-corrected chi connectivity index (χ0v) is 11.7. The Bertz CT molecular complexity index is 610. The number of ether oxygens (including phenoxy) is 1. The molecular weight excluding hydrogens is 266 g/mol.